The maximum Gasteiger partial charge on any atom is 0.238 e. The number of carbonyl (C=O) groups excluding carboxylic acids is 2. The highest BCUT2D eigenvalue weighted by atomic mass is 19.1. The number of benzene rings is 2. The van der Waals surface area contributed by atoms with E-state index in [0.29, 0.717) is 44.7 Å². The van der Waals surface area contributed by atoms with Crippen molar-refractivity contribution in [2.45, 2.75) is 12.8 Å². The van der Waals surface area contributed by atoms with Gasteiger partial charge in [0.2, 0.25) is 11.8 Å². The molecule has 0 unspecified atom stereocenters. The van der Waals surface area contributed by atoms with Crippen molar-refractivity contribution in [2.75, 3.05) is 45.2 Å². The molecule has 1 aliphatic rings. The molecule has 1 aliphatic heterocycles. The minimum absolute atomic E-state index is 0.128. The van der Waals surface area contributed by atoms with E-state index in [2.05, 4.69) is 5.32 Å². The number of halogens is 1. The largest absolute Gasteiger partial charge is 0.497 e. The van der Waals surface area contributed by atoms with Crippen molar-refractivity contribution in [3.8, 4) is 5.75 Å². The molecule has 2 aromatic rings. The summed E-state index contributed by atoms with van der Waals surface area (Å²) in [7, 11) is 1.63. The monoisotopic (exact) mass is 399 g/mol. The van der Waals surface area contributed by atoms with Gasteiger partial charge in [-0.15, -0.1) is 0 Å². The third kappa shape index (κ3) is 6.29. The first-order chi connectivity index (χ1) is 14.0. The topological polar surface area (TPSA) is 61.9 Å². The lowest BCUT2D eigenvalue weighted by Gasteiger charge is -2.34. The van der Waals surface area contributed by atoms with Crippen LogP contribution in [0.2, 0.25) is 0 Å². The van der Waals surface area contributed by atoms with Gasteiger partial charge in [0.1, 0.15) is 11.6 Å². The zero-order valence-corrected chi connectivity index (χ0v) is 16.6. The van der Waals surface area contributed by atoms with Crippen molar-refractivity contribution in [3.63, 3.8) is 0 Å². The molecular formula is C22H26FN3O3. The summed E-state index contributed by atoms with van der Waals surface area (Å²) in [4.78, 5) is 28.5. The van der Waals surface area contributed by atoms with Crippen LogP contribution in [-0.2, 0) is 16.0 Å². The zero-order chi connectivity index (χ0) is 20.6. The lowest BCUT2D eigenvalue weighted by molar-refractivity contribution is -0.133. The van der Waals surface area contributed by atoms with Gasteiger partial charge in [-0.25, -0.2) is 4.39 Å². The Morgan fingerprint density at radius 3 is 2.48 bits per heavy atom. The lowest BCUT2D eigenvalue weighted by atomic mass is 10.1. The van der Waals surface area contributed by atoms with Crippen LogP contribution in [0.3, 0.4) is 0 Å². The lowest BCUT2D eigenvalue weighted by Crippen LogP contribution is -2.50. The minimum Gasteiger partial charge on any atom is -0.497 e. The van der Waals surface area contributed by atoms with Gasteiger partial charge in [0, 0.05) is 38.3 Å². The molecule has 7 heteroatoms. The summed E-state index contributed by atoms with van der Waals surface area (Å²) in [5.74, 6) is 0.440. The smallest absolute Gasteiger partial charge is 0.238 e. The zero-order valence-electron chi connectivity index (χ0n) is 16.6. The Labute approximate surface area is 170 Å². The predicted octanol–water partition coefficient (Wildman–Crippen LogP) is 2.55. The van der Waals surface area contributed by atoms with E-state index in [1.54, 1.807) is 7.11 Å². The number of nitrogens with one attached hydrogen (secondary N) is 1. The number of rotatable bonds is 7. The molecule has 0 bridgehead atoms. The highest BCUT2D eigenvalue weighted by molar-refractivity contribution is 5.92. The van der Waals surface area contributed by atoms with Crippen LogP contribution in [0.4, 0.5) is 10.1 Å². The van der Waals surface area contributed by atoms with E-state index in [0.717, 1.165) is 11.3 Å². The SMILES string of the molecule is COc1cccc(CCC(=O)N2CCN(CC(=O)Nc3ccc(F)cc3)CC2)c1. The summed E-state index contributed by atoms with van der Waals surface area (Å²) in [5, 5.41) is 2.76. The predicted molar refractivity (Wildman–Crippen MR) is 109 cm³/mol. The fraction of sp³-hybridized carbons (Fsp3) is 0.364. The molecule has 0 atom stereocenters. The molecule has 2 aromatic carbocycles. The van der Waals surface area contributed by atoms with Crippen molar-refractivity contribution in [3.05, 3.63) is 59.9 Å². The average molecular weight is 399 g/mol. The molecule has 6 nitrogen and oxygen atoms in total. The number of hydrogen-bond acceptors (Lipinski definition) is 4. The van der Waals surface area contributed by atoms with Crippen LogP contribution in [0.5, 0.6) is 5.75 Å². The van der Waals surface area contributed by atoms with Gasteiger partial charge >= 0.3 is 0 Å². The van der Waals surface area contributed by atoms with Crippen molar-refractivity contribution < 1.29 is 18.7 Å². The molecule has 154 valence electrons. The van der Waals surface area contributed by atoms with Gasteiger partial charge in [0.05, 0.1) is 13.7 Å². The van der Waals surface area contributed by atoms with E-state index < -0.39 is 0 Å². The molecule has 1 heterocycles. The number of piperazine rings is 1. The van der Waals surface area contributed by atoms with E-state index in [-0.39, 0.29) is 24.2 Å². The number of amides is 2. The quantitative estimate of drug-likeness (QED) is 0.777. The second kappa shape index (κ2) is 10.0. The number of carbonyl (C=O) groups is 2. The molecular weight excluding hydrogens is 373 g/mol. The van der Waals surface area contributed by atoms with E-state index >= 15 is 0 Å². The van der Waals surface area contributed by atoms with Gasteiger partial charge in [-0.05, 0) is 48.4 Å². The highest BCUT2D eigenvalue weighted by Crippen LogP contribution is 2.15. The van der Waals surface area contributed by atoms with Crippen molar-refractivity contribution in [2.24, 2.45) is 0 Å². The molecule has 0 aliphatic carbocycles. The fourth-order valence-electron chi connectivity index (χ4n) is 3.33. The van der Waals surface area contributed by atoms with Gasteiger partial charge in [0.25, 0.3) is 0 Å². The van der Waals surface area contributed by atoms with Crippen LogP contribution in [-0.4, -0.2) is 61.4 Å². The van der Waals surface area contributed by atoms with Crippen LogP contribution in [0.15, 0.2) is 48.5 Å². The molecule has 0 spiro atoms. The third-order valence-electron chi connectivity index (χ3n) is 4.98. The van der Waals surface area contributed by atoms with Crippen LogP contribution in [0.1, 0.15) is 12.0 Å². The highest BCUT2D eigenvalue weighted by Gasteiger charge is 2.22. The standard InChI is InChI=1S/C22H26FN3O3/c1-29-20-4-2-3-17(15-20)5-10-22(28)26-13-11-25(12-14-26)16-21(27)24-19-8-6-18(23)7-9-19/h2-4,6-9,15H,5,10-14,16H2,1H3,(H,24,27). The molecule has 29 heavy (non-hydrogen) atoms. The third-order valence-corrected chi connectivity index (χ3v) is 4.98. The Morgan fingerprint density at radius 1 is 1.07 bits per heavy atom. The van der Waals surface area contributed by atoms with Gasteiger partial charge in [-0.1, -0.05) is 12.1 Å². The number of aryl methyl sites for hydroxylation is 1. The molecule has 0 radical (unpaired) electrons. The molecule has 2 amide bonds. The van der Waals surface area contributed by atoms with E-state index in [4.69, 9.17) is 4.74 Å². The number of anilines is 1. The van der Waals surface area contributed by atoms with Gasteiger partial charge in [-0.2, -0.15) is 0 Å². The van der Waals surface area contributed by atoms with E-state index in [9.17, 15) is 14.0 Å². The number of nitrogens with zero attached hydrogens (tertiary/aromatic N) is 2. The average Bonchev–Trinajstić information content (AvgIpc) is 2.74. The van der Waals surface area contributed by atoms with Crippen LogP contribution in [0.25, 0.3) is 0 Å². The maximum absolute atomic E-state index is 12.9. The number of methoxy groups -OCH3 is 1. The molecule has 0 aromatic heterocycles. The normalized spacial score (nSPS) is 14.5. The summed E-state index contributed by atoms with van der Waals surface area (Å²) in [6.07, 6.45) is 1.13. The summed E-state index contributed by atoms with van der Waals surface area (Å²) in [6.45, 7) is 2.79. The number of ether oxygens (including phenoxy) is 1. The first-order valence-corrected chi connectivity index (χ1v) is 9.72. The van der Waals surface area contributed by atoms with Gasteiger partial charge in [-0.3, -0.25) is 14.5 Å². The molecule has 3 rings (SSSR count). The first-order valence-electron chi connectivity index (χ1n) is 9.72. The van der Waals surface area contributed by atoms with Gasteiger partial charge in [0.15, 0.2) is 0 Å². The van der Waals surface area contributed by atoms with Crippen LogP contribution < -0.4 is 10.1 Å². The summed E-state index contributed by atoms with van der Waals surface area (Å²) < 4.78 is 18.1. The molecule has 1 N–H and O–H groups in total. The summed E-state index contributed by atoms with van der Waals surface area (Å²) in [5.41, 5.74) is 1.65. The van der Waals surface area contributed by atoms with Crippen molar-refractivity contribution in [1.29, 1.82) is 0 Å². The van der Waals surface area contributed by atoms with Crippen molar-refractivity contribution in [1.82, 2.24) is 9.80 Å². The molecule has 1 fully saturated rings. The Bertz CT molecular complexity index is 833. The van der Waals surface area contributed by atoms with Crippen molar-refractivity contribution >= 4 is 17.5 Å². The van der Waals surface area contributed by atoms with E-state index in [1.807, 2.05) is 34.1 Å². The Hall–Kier alpha value is -2.93. The number of hydrogen-bond donors (Lipinski definition) is 1. The van der Waals surface area contributed by atoms with E-state index in [1.165, 1.54) is 24.3 Å². The van der Waals surface area contributed by atoms with Gasteiger partial charge < -0.3 is 15.0 Å². The first kappa shape index (κ1) is 20.8. The maximum atomic E-state index is 12.9. The second-order valence-electron chi connectivity index (χ2n) is 7.06. The second-order valence-corrected chi connectivity index (χ2v) is 7.06. The van der Waals surface area contributed by atoms with Crippen LogP contribution in [0, 0.1) is 5.82 Å². The molecule has 0 saturated carbocycles. The summed E-state index contributed by atoms with van der Waals surface area (Å²) in [6, 6.07) is 13.4. The minimum atomic E-state index is -0.338. The Kier molecular flexibility index (Phi) is 7.19. The molecule has 1 saturated heterocycles. The van der Waals surface area contributed by atoms with Crippen LogP contribution >= 0.6 is 0 Å². The Balaban J connectivity index is 1.39. The Morgan fingerprint density at radius 2 is 1.79 bits per heavy atom. The fourth-order valence-corrected chi connectivity index (χ4v) is 3.33. The summed E-state index contributed by atoms with van der Waals surface area (Å²) >= 11 is 0.